The van der Waals surface area contributed by atoms with Crippen molar-refractivity contribution >= 4 is 11.6 Å². The molecule has 5 nitrogen and oxygen atoms in total. The molecular formula is C38H46N4O. The molecule has 1 saturated heterocycles. The zero-order chi connectivity index (χ0) is 29.9. The Morgan fingerprint density at radius 2 is 1.42 bits per heavy atom. The van der Waals surface area contributed by atoms with Gasteiger partial charge in [-0.15, -0.1) is 0 Å². The number of pyridine rings is 1. The van der Waals surface area contributed by atoms with Gasteiger partial charge in [-0.05, 0) is 84.3 Å². The molecule has 1 fully saturated rings. The fourth-order valence-corrected chi connectivity index (χ4v) is 6.06. The van der Waals surface area contributed by atoms with Crippen LogP contribution in [0.4, 0.5) is 5.69 Å². The molecule has 5 heteroatoms. The summed E-state index contributed by atoms with van der Waals surface area (Å²) < 4.78 is 0. The minimum Gasteiger partial charge on any atom is -0.370 e. The molecule has 5 rings (SSSR count). The maximum atomic E-state index is 14.1. The monoisotopic (exact) mass is 574 g/mol. The van der Waals surface area contributed by atoms with Crippen molar-refractivity contribution in [1.82, 2.24) is 14.8 Å². The number of likely N-dealkylation sites (tertiary alicyclic amines) is 1. The van der Waals surface area contributed by atoms with Crippen molar-refractivity contribution in [2.45, 2.75) is 71.1 Å². The Morgan fingerprint density at radius 3 is 2.09 bits per heavy atom. The van der Waals surface area contributed by atoms with Crippen LogP contribution in [0.5, 0.6) is 0 Å². The van der Waals surface area contributed by atoms with Crippen LogP contribution in [0.1, 0.15) is 71.6 Å². The average Bonchev–Trinajstić information content (AvgIpc) is 3.05. The summed E-state index contributed by atoms with van der Waals surface area (Å²) >= 11 is 0. The molecule has 4 aromatic rings. The van der Waals surface area contributed by atoms with Crippen LogP contribution in [-0.2, 0) is 26.1 Å². The minimum absolute atomic E-state index is 0.137. The molecule has 1 aliphatic heterocycles. The van der Waals surface area contributed by atoms with Gasteiger partial charge in [0.1, 0.15) is 0 Å². The van der Waals surface area contributed by atoms with Gasteiger partial charge in [-0.3, -0.25) is 14.7 Å². The molecule has 1 aromatic heterocycles. The van der Waals surface area contributed by atoms with Crippen molar-refractivity contribution in [3.05, 3.63) is 131 Å². The summed E-state index contributed by atoms with van der Waals surface area (Å²) in [6, 6.07) is 32.1. The van der Waals surface area contributed by atoms with Gasteiger partial charge >= 0.3 is 0 Å². The van der Waals surface area contributed by atoms with Gasteiger partial charge in [0, 0.05) is 69.5 Å². The first-order valence-electron chi connectivity index (χ1n) is 15.9. The van der Waals surface area contributed by atoms with E-state index in [1.54, 1.807) is 0 Å². The third-order valence-electron chi connectivity index (χ3n) is 8.68. The number of anilines is 1. The maximum absolute atomic E-state index is 14.1. The summed E-state index contributed by atoms with van der Waals surface area (Å²) in [6.07, 6.45) is 10.4. The zero-order valence-corrected chi connectivity index (χ0v) is 25.9. The number of unbranched alkanes of at least 4 members (excludes halogenated alkanes) is 2. The Balaban J connectivity index is 1.28. The lowest BCUT2D eigenvalue weighted by atomic mass is 9.99. The molecule has 1 aliphatic rings. The maximum Gasteiger partial charge on any atom is 0.254 e. The molecule has 0 aliphatic carbocycles. The van der Waals surface area contributed by atoms with Crippen molar-refractivity contribution in [3.63, 3.8) is 0 Å². The second-order valence-electron chi connectivity index (χ2n) is 12.0. The number of piperidine rings is 1. The summed E-state index contributed by atoms with van der Waals surface area (Å²) in [4.78, 5) is 25.1. The predicted molar refractivity (Wildman–Crippen MR) is 177 cm³/mol. The van der Waals surface area contributed by atoms with E-state index < -0.39 is 0 Å². The largest absolute Gasteiger partial charge is 0.370 e. The lowest BCUT2D eigenvalue weighted by molar-refractivity contribution is 0.0543. The molecule has 0 unspecified atom stereocenters. The Labute approximate surface area is 258 Å². The Kier molecular flexibility index (Phi) is 11.0. The number of hydrogen-bond donors (Lipinski definition) is 0. The fourth-order valence-electron chi connectivity index (χ4n) is 6.06. The highest BCUT2D eigenvalue weighted by molar-refractivity contribution is 5.94. The molecule has 0 spiro atoms. The van der Waals surface area contributed by atoms with Crippen molar-refractivity contribution in [2.24, 2.45) is 0 Å². The third kappa shape index (κ3) is 8.77. The van der Waals surface area contributed by atoms with Crippen molar-refractivity contribution in [2.75, 3.05) is 25.0 Å². The van der Waals surface area contributed by atoms with Crippen LogP contribution in [0.2, 0.25) is 0 Å². The predicted octanol–water partition coefficient (Wildman–Crippen LogP) is 7.76. The lowest BCUT2D eigenvalue weighted by Gasteiger charge is -2.39. The highest BCUT2D eigenvalue weighted by atomic mass is 16.2. The number of rotatable bonds is 13. The number of aryl methyl sites for hydroxylation is 1. The Hall–Kier alpha value is -3.96. The van der Waals surface area contributed by atoms with Crippen LogP contribution in [0.15, 0.2) is 103 Å². The molecule has 0 atom stereocenters. The lowest BCUT2D eigenvalue weighted by Crippen LogP contribution is -2.46. The van der Waals surface area contributed by atoms with E-state index in [0.717, 1.165) is 51.0 Å². The van der Waals surface area contributed by atoms with Crippen molar-refractivity contribution < 1.29 is 4.79 Å². The number of hydrogen-bond acceptors (Lipinski definition) is 4. The van der Waals surface area contributed by atoms with E-state index in [1.165, 1.54) is 47.2 Å². The van der Waals surface area contributed by atoms with E-state index >= 15 is 0 Å². The number of carbonyl (C=O) groups excluding carboxylic acids is 1. The van der Waals surface area contributed by atoms with Gasteiger partial charge in [-0.25, -0.2) is 0 Å². The molecule has 224 valence electrons. The summed E-state index contributed by atoms with van der Waals surface area (Å²) in [5, 5.41) is 0. The fraction of sp³-hybridized carbons (Fsp3) is 0.368. The van der Waals surface area contributed by atoms with E-state index in [1.807, 2.05) is 24.5 Å². The average molecular weight is 575 g/mol. The number of aromatic nitrogens is 1. The van der Waals surface area contributed by atoms with E-state index in [4.69, 9.17) is 0 Å². The molecule has 3 aromatic carbocycles. The number of benzene rings is 3. The van der Waals surface area contributed by atoms with Gasteiger partial charge in [-0.2, -0.15) is 0 Å². The SMILES string of the molecule is CCCCCc1ccc(C(=O)N(Cc2ccc(N(C)Cc3ccccc3)cc2)C2CCN(Cc3ccncc3)CC2)cc1. The summed E-state index contributed by atoms with van der Waals surface area (Å²) in [6.45, 7) is 6.61. The highest BCUT2D eigenvalue weighted by Gasteiger charge is 2.29. The van der Waals surface area contributed by atoms with Crippen LogP contribution in [0.25, 0.3) is 0 Å². The van der Waals surface area contributed by atoms with Crippen molar-refractivity contribution in [1.29, 1.82) is 0 Å². The molecule has 43 heavy (non-hydrogen) atoms. The summed E-state index contributed by atoms with van der Waals surface area (Å²) in [5.74, 6) is 0.137. The molecular weight excluding hydrogens is 528 g/mol. The molecule has 0 bridgehead atoms. The first-order valence-corrected chi connectivity index (χ1v) is 15.9. The quantitative estimate of drug-likeness (QED) is 0.153. The molecule has 0 N–H and O–H groups in total. The third-order valence-corrected chi connectivity index (χ3v) is 8.68. The molecule has 0 radical (unpaired) electrons. The van der Waals surface area contributed by atoms with Crippen molar-refractivity contribution in [3.8, 4) is 0 Å². The summed E-state index contributed by atoms with van der Waals surface area (Å²) in [7, 11) is 2.13. The van der Waals surface area contributed by atoms with Crippen LogP contribution in [0, 0.1) is 0 Å². The van der Waals surface area contributed by atoms with E-state index in [-0.39, 0.29) is 11.9 Å². The van der Waals surface area contributed by atoms with Crippen LogP contribution >= 0.6 is 0 Å². The van der Waals surface area contributed by atoms with Gasteiger partial charge in [0.25, 0.3) is 5.91 Å². The van der Waals surface area contributed by atoms with E-state index in [9.17, 15) is 4.79 Å². The zero-order valence-electron chi connectivity index (χ0n) is 25.9. The van der Waals surface area contributed by atoms with Gasteiger partial charge < -0.3 is 9.80 Å². The Morgan fingerprint density at radius 1 is 0.767 bits per heavy atom. The van der Waals surface area contributed by atoms with E-state index in [2.05, 4.69) is 113 Å². The van der Waals surface area contributed by atoms with Crippen LogP contribution in [-0.4, -0.2) is 46.9 Å². The summed E-state index contributed by atoms with van der Waals surface area (Å²) in [5.41, 5.74) is 7.03. The smallest absolute Gasteiger partial charge is 0.254 e. The molecule has 2 heterocycles. The first-order chi connectivity index (χ1) is 21.1. The van der Waals surface area contributed by atoms with Crippen LogP contribution < -0.4 is 4.90 Å². The van der Waals surface area contributed by atoms with E-state index in [0.29, 0.717) is 6.54 Å². The normalized spacial score (nSPS) is 14.0. The Bertz CT molecular complexity index is 1380. The molecule has 0 saturated carbocycles. The highest BCUT2D eigenvalue weighted by Crippen LogP contribution is 2.25. The van der Waals surface area contributed by atoms with Gasteiger partial charge in [0.15, 0.2) is 0 Å². The minimum atomic E-state index is 0.137. The second-order valence-corrected chi connectivity index (χ2v) is 12.0. The number of nitrogens with zero attached hydrogens (tertiary/aromatic N) is 4. The van der Waals surface area contributed by atoms with Gasteiger partial charge in [0.05, 0.1) is 0 Å². The first kappa shape index (κ1) is 30.5. The van der Waals surface area contributed by atoms with Gasteiger partial charge in [0.2, 0.25) is 0 Å². The van der Waals surface area contributed by atoms with Gasteiger partial charge in [-0.1, -0.05) is 74.4 Å². The number of carbonyl (C=O) groups is 1. The standard InChI is InChI=1S/C38H46N4O/c1-3-4-6-9-31-12-16-35(17-13-31)38(43)42(37-22-26-41(27-23-37)29-34-20-24-39-25-21-34)30-33-14-18-36(19-15-33)40(2)28-32-10-7-5-8-11-32/h5,7-8,10-21,24-25,37H,3-4,6,9,22-23,26-30H2,1-2H3. The molecule has 1 amide bonds. The topological polar surface area (TPSA) is 39.7 Å². The number of amides is 1. The second kappa shape index (κ2) is 15.5. The van der Waals surface area contributed by atoms with Crippen LogP contribution in [0.3, 0.4) is 0 Å².